The molecule has 0 aliphatic rings. The molecule has 0 saturated heterocycles. The zero-order valence-corrected chi connectivity index (χ0v) is 2.76. The van der Waals surface area contributed by atoms with Crippen LogP contribution in [0.1, 0.15) is 0 Å². The number of hydrogen-bond donors (Lipinski definition) is 1. The lowest BCUT2D eigenvalue weighted by molar-refractivity contribution is 0.621. The molecule has 0 aromatic rings. The average Bonchev–Trinajstić information content (AvgIpc) is 1.41. The molecule has 0 amide bonds. The van der Waals surface area contributed by atoms with Crippen molar-refractivity contribution in [3.05, 3.63) is 0 Å². The molecule has 0 fully saturated rings. The Morgan fingerprint density at radius 3 is 2.20 bits per heavy atom. The van der Waals surface area contributed by atoms with E-state index in [2.05, 4.69) is 0 Å². The Bertz CT molecular complexity index is 11.1. The minimum atomic E-state index is 0.875. The van der Waals surface area contributed by atoms with Gasteiger partial charge in [-0.3, -0.25) is 0 Å². The van der Waals surface area contributed by atoms with Gasteiger partial charge in [-0.15, -0.1) is 0 Å². The number of hydrogen-bond acceptors (Lipinski definition) is 1. The van der Waals surface area contributed by atoms with Gasteiger partial charge >= 0.3 is 0 Å². The average molecular weight is 60.3 g/mol. The Labute approximate surface area is 35.3 Å². The maximum absolute atomic E-state index is 7.77. The molecule has 0 aliphatic heterocycles. The molecule has 0 saturated carbocycles. The summed E-state index contributed by atoms with van der Waals surface area (Å²) in [6, 6.07) is 0. The monoisotopic (exact) mass is 61.0 g/mol. The molecule has 0 aromatic heterocycles. The van der Waals surface area contributed by atoms with Crippen LogP contribution in [0.3, 0.4) is 0 Å². The lowest BCUT2D eigenvalue weighted by Gasteiger charge is -1.71. The fourth-order valence-electron chi connectivity index (χ4n) is 0.0497. The fraction of sp³-hybridized carbons (Fsp3) is 0. The Morgan fingerprint density at radius 1 is 1.60 bits per heavy atom. The Balaban J connectivity index is 2.19. The molecular weight excluding hydrogens is 59.2 g/mol. The van der Waals surface area contributed by atoms with E-state index in [9.17, 15) is 0 Å². The second kappa shape index (κ2) is 4.22. The maximum atomic E-state index is 7.77. The van der Waals surface area contributed by atoms with Gasteiger partial charge in [-0.05, 0) is 0 Å². The van der Waals surface area contributed by atoms with Gasteiger partial charge in [-0.2, -0.15) is 0 Å². The molecule has 0 rings (SSSR count). The lowest BCUT2D eigenvalue weighted by atomic mass is 9.17. The van der Waals surface area contributed by atoms with Crippen molar-refractivity contribution in [1.29, 1.82) is 0 Å². The SMILES string of the molecule is [B][B][B][B]O. The largest absolute Gasteiger partial charge is 0.466 e. The second-order valence-electron chi connectivity index (χ2n) is 0.534. The zero-order valence-electron chi connectivity index (χ0n) is 2.76. The topological polar surface area (TPSA) is 20.2 Å². The third-order valence-electron chi connectivity index (χ3n) is 0.197. The van der Waals surface area contributed by atoms with E-state index in [1.54, 1.807) is 0 Å². The molecule has 5 heavy (non-hydrogen) atoms. The molecule has 0 bridgehead atoms. The highest BCUT2D eigenvalue weighted by Gasteiger charge is 1.78. The van der Waals surface area contributed by atoms with E-state index in [4.69, 9.17) is 12.8 Å². The molecular formula is HB4O. The van der Waals surface area contributed by atoms with Gasteiger partial charge in [0.1, 0.15) is 0 Å². The van der Waals surface area contributed by atoms with Crippen molar-refractivity contribution in [2.45, 2.75) is 0 Å². The van der Waals surface area contributed by atoms with Crippen LogP contribution in [0.2, 0.25) is 0 Å². The van der Waals surface area contributed by atoms with E-state index in [1.807, 2.05) is 0 Å². The minimum Gasteiger partial charge on any atom is -0.466 e. The molecule has 0 atom stereocenters. The summed E-state index contributed by atoms with van der Waals surface area (Å²) in [5.74, 6) is 0. The highest BCUT2D eigenvalue weighted by atomic mass is 16.2. The molecule has 19 valence electrons. The van der Waals surface area contributed by atoms with Crippen LogP contribution < -0.4 is 0 Å². The van der Waals surface area contributed by atoms with E-state index in [1.165, 1.54) is 14.1 Å². The summed E-state index contributed by atoms with van der Waals surface area (Å²) >= 11 is 0. The highest BCUT2D eigenvalue weighted by Crippen LogP contribution is 1.36. The highest BCUT2D eigenvalue weighted by molar-refractivity contribution is 7.40. The van der Waals surface area contributed by atoms with Crippen LogP contribution in [0.4, 0.5) is 0 Å². The predicted octanol–water partition coefficient (Wildman–Crippen LogP) is -2.08. The summed E-state index contributed by atoms with van der Waals surface area (Å²) in [6.45, 7) is 0. The van der Waals surface area contributed by atoms with Gasteiger partial charge in [0.25, 0.3) is 0 Å². The summed E-state index contributed by atoms with van der Waals surface area (Å²) in [6.07, 6.45) is 0. The van der Waals surface area contributed by atoms with Crippen LogP contribution in [-0.2, 0) is 0 Å². The second-order valence-corrected chi connectivity index (χ2v) is 0.534. The van der Waals surface area contributed by atoms with Crippen LogP contribution >= 0.6 is 0 Å². The first-order chi connectivity index (χ1) is 2.41. The summed E-state index contributed by atoms with van der Waals surface area (Å²) in [7, 11) is 8.23. The summed E-state index contributed by atoms with van der Waals surface area (Å²) in [5.41, 5.74) is 0. The Kier molecular flexibility index (Phi) is 4.41. The molecule has 1 nitrogen and oxygen atoms in total. The van der Waals surface area contributed by atoms with E-state index >= 15 is 0 Å². The van der Waals surface area contributed by atoms with E-state index in [-0.39, 0.29) is 0 Å². The van der Waals surface area contributed by atoms with Crippen LogP contribution in [0, 0.1) is 0 Å². The minimum absolute atomic E-state index is 0.875. The lowest BCUT2D eigenvalue weighted by Crippen LogP contribution is -2.10. The van der Waals surface area contributed by atoms with E-state index in [0.717, 1.165) is 7.37 Å². The van der Waals surface area contributed by atoms with Crippen LogP contribution in [0.15, 0.2) is 0 Å². The van der Waals surface area contributed by atoms with Gasteiger partial charge in [0.05, 0.1) is 7.06 Å². The molecule has 0 unspecified atom stereocenters. The van der Waals surface area contributed by atoms with Gasteiger partial charge in [-0.1, -0.05) is 0 Å². The molecule has 1 N–H and O–H groups in total. The van der Waals surface area contributed by atoms with Gasteiger partial charge in [0, 0.05) is 14.8 Å². The van der Waals surface area contributed by atoms with Gasteiger partial charge in [0.2, 0.25) is 7.37 Å². The Hall–Kier alpha value is 0.220. The summed E-state index contributed by atoms with van der Waals surface area (Å²) in [5, 5.41) is 7.77. The molecule has 0 aromatic carbocycles. The zero-order chi connectivity index (χ0) is 4.12. The third kappa shape index (κ3) is 4.22. The first kappa shape index (κ1) is 5.22. The van der Waals surface area contributed by atoms with Gasteiger partial charge in [0.15, 0.2) is 0 Å². The van der Waals surface area contributed by atoms with Crippen molar-refractivity contribution < 1.29 is 5.02 Å². The smallest absolute Gasteiger partial charge is 0.225 e. The van der Waals surface area contributed by atoms with Crippen molar-refractivity contribution in [3.63, 3.8) is 0 Å². The molecule has 5 radical (unpaired) electrons. The molecule has 0 heterocycles. The van der Waals surface area contributed by atoms with Crippen molar-refractivity contribution >= 4 is 29.2 Å². The number of rotatable bonds is 2. The van der Waals surface area contributed by atoms with Crippen molar-refractivity contribution in [3.8, 4) is 0 Å². The summed E-state index contributed by atoms with van der Waals surface area (Å²) < 4.78 is 0. The summed E-state index contributed by atoms with van der Waals surface area (Å²) in [4.78, 5) is 0. The van der Waals surface area contributed by atoms with Crippen molar-refractivity contribution in [2.24, 2.45) is 0 Å². The molecule has 5 heteroatoms. The fourth-order valence-corrected chi connectivity index (χ4v) is 0.0497. The van der Waals surface area contributed by atoms with E-state index < -0.39 is 0 Å². The standard InChI is InChI=1S/B4HO/c1-2-3-4-5/h5H. The van der Waals surface area contributed by atoms with Crippen molar-refractivity contribution in [1.82, 2.24) is 0 Å². The van der Waals surface area contributed by atoms with Crippen molar-refractivity contribution in [2.75, 3.05) is 0 Å². The van der Waals surface area contributed by atoms with Gasteiger partial charge < -0.3 is 5.02 Å². The predicted molar refractivity (Wildman–Crippen MR) is 25.2 cm³/mol. The first-order valence-electron chi connectivity index (χ1n) is 1.26. The van der Waals surface area contributed by atoms with Crippen LogP contribution in [-0.4, -0.2) is 34.3 Å². The quantitative estimate of drug-likeness (QED) is 0.363. The normalized spacial score (nSPS) is 5.80. The van der Waals surface area contributed by atoms with Crippen LogP contribution in [0.25, 0.3) is 0 Å². The van der Waals surface area contributed by atoms with Crippen LogP contribution in [0.5, 0.6) is 0 Å². The van der Waals surface area contributed by atoms with E-state index in [0.29, 0.717) is 0 Å². The third-order valence-corrected chi connectivity index (χ3v) is 0.197. The molecule has 0 spiro atoms. The molecule has 0 aliphatic carbocycles. The Morgan fingerprint density at radius 2 is 2.20 bits per heavy atom. The maximum Gasteiger partial charge on any atom is 0.225 e. The first-order valence-corrected chi connectivity index (χ1v) is 1.26. The van der Waals surface area contributed by atoms with Gasteiger partial charge in [-0.25, -0.2) is 0 Å².